The van der Waals surface area contributed by atoms with E-state index in [1.807, 2.05) is 30.1 Å². The minimum absolute atomic E-state index is 0. The van der Waals surface area contributed by atoms with Gasteiger partial charge in [-0.3, -0.25) is 0 Å². The molecule has 0 aliphatic carbocycles. The van der Waals surface area contributed by atoms with Crippen molar-refractivity contribution < 1.29 is 17.7 Å². The van der Waals surface area contributed by atoms with Crippen molar-refractivity contribution in [1.29, 1.82) is 0 Å². The zero-order valence-electron chi connectivity index (χ0n) is 12.4. The second kappa shape index (κ2) is 8.22. The number of nitrogens with zero attached hydrogens (tertiary/aromatic N) is 2. The fourth-order valence-corrected chi connectivity index (χ4v) is 3.59. The van der Waals surface area contributed by atoms with Gasteiger partial charge in [0.15, 0.2) is 0 Å². The van der Waals surface area contributed by atoms with Crippen LogP contribution in [0.5, 0.6) is 0 Å². The van der Waals surface area contributed by atoms with E-state index in [2.05, 4.69) is 52.1 Å². The van der Waals surface area contributed by atoms with Crippen molar-refractivity contribution in [2.75, 3.05) is 24.5 Å². The van der Waals surface area contributed by atoms with Crippen molar-refractivity contribution in [3.05, 3.63) is 55.3 Å². The molecule has 0 atom stereocenters. The molecule has 1 aliphatic heterocycles. The van der Waals surface area contributed by atoms with Crippen LogP contribution in [0.4, 0.5) is 11.5 Å². The lowest BCUT2D eigenvalue weighted by Crippen LogP contribution is -3.00. The fraction of sp³-hybridized carbons (Fsp3) is 0.235. The van der Waals surface area contributed by atoms with Crippen LogP contribution in [0.15, 0.2) is 65.0 Å². The van der Waals surface area contributed by atoms with Gasteiger partial charge >= 0.3 is 0 Å². The van der Waals surface area contributed by atoms with Crippen molar-refractivity contribution in [2.24, 2.45) is 0 Å². The van der Waals surface area contributed by atoms with Crippen LogP contribution in [0, 0.1) is 0 Å². The maximum absolute atomic E-state index is 4.59. The Labute approximate surface area is 142 Å². The number of nitrogens with two attached hydrogens (primary N) is 1. The van der Waals surface area contributed by atoms with Crippen LogP contribution >= 0.6 is 11.8 Å². The quantitative estimate of drug-likeness (QED) is 0.588. The number of halogens is 1. The van der Waals surface area contributed by atoms with E-state index >= 15 is 0 Å². The average molecular weight is 334 g/mol. The van der Waals surface area contributed by atoms with E-state index in [4.69, 9.17) is 0 Å². The summed E-state index contributed by atoms with van der Waals surface area (Å²) in [4.78, 5) is 9.50. The largest absolute Gasteiger partial charge is 1.00 e. The van der Waals surface area contributed by atoms with Crippen LogP contribution in [0.2, 0.25) is 0 Å². The summed E-state index contributed by atoms with van der Waals surface area (Å²) < 4.78 is 0. The minimum atomic E-state index is 0. The van der Waals surface area contributed by atoms with Crippen molar-refractivity contribution in [2.45, 2.75) is 16.2 Å². The lowest BCUT2D eigenvalue weighted by atomic mass is 10.2. The molecule has 0 radical (unpaired) electrons. The summed E-state index contributed by atoms with van der Waals surface area (Å²) in [7, 11) is 0. The van der Waals surface area contributed by atoms with Crippen LogP contribution in [-0.2, 0) is 0 Å². The molecular weight excluding hydrogens is 314 g/mol. The number of hydrogen-bond acceptors (Lipinski definition) is 3. The van der Waals surface area contributed by atoms with Gasteiger partial charge in [0, 0.05) is 24.1 Å². The van der Waals surface area contributed by atoms with Gasteiger partial charge in [0.2, 0.25) is 0 Å². The van der Waals surface area contributed by atoms with Gasteiger partial charge in [-0.25, -0.2) is 4.98 Å². The number of benzene rings is 1. The van der Waals surface area contributed by atoms with Gasteiger partial charge in [0.25, 0.3) is 0 Å². The molecule has 1 aromatic heterocycles. The summed E-state index contributed by atoms with van der Waals surface area (Å²) in [6.07, 6.45) is 4.96. The lowest BCUT2D eigenvalue weighted by molar-refractivity contribution is -0.645. The van der Waals surface area contributed by atoms with E-state index in [0.717, 1.165) is 31.9 Å². The smallest absolute Gasteiger partial charge is 0.147 e. The summed E-state index contributed by atoms with van der Waals surface area (Å²) >= 11 is 1.81. The molecule has 0 bridgehead atoms. The topological polar surface area (TPSA) is 32.7 Å². The van der Waals surface area contributed by atoms with E-state index in [0.29, 0.717) is 0 Å². The predicted molar refractivity (Wildman–Crippen MR) is 88.3 cm³/mol. The molecule has 0 unspecified atom stereocenters. The first-order valence-corrected chi connectivity index (χ1v) is 8.14. The molecule has 3 rings (SSSR count). The number of aromatic nitrogens is 1. The Morgan fingerprint density at radius 2 is 2.00 bits per heavy atom. The third kappa shape index (κ3) is 3.64. The number of fused-ring (bicyclic) bond motifs is 2. The van der Waals surface area contributed by atoms with E-state index in [1.165, 1.54) is 15.5 Å². The van der Waals surface area contributed by atoms with Gasteiger partial charge in [0.05, 0.1) is 23.7 Å². The third-order valence-electron chi connectivity index (χ3n) is 3.51. The van der Waals surface area contributed by atoms with Gasteiger partial charge in [-0.15, -0.1) is 0 Å². The second-order valence-corrected chi connectivity index (χ2v) is 6.09. The molecular formula is C17H20ClN3S. The molecule has 1 aliphatic rings. The zero-order chi connectivity index (χ0) is 14.5. The number of quaternary nitrogens is 1. The Morgan fingerprint density at radius 3 is 2.86 bits per heavy atom. The standard InChI is InChI=1S/C17H19N3S.ClH/c1-2-10-18-11-6-13-20-14-7-3-4-8-15(14)21-16-9-5-12-19-17(16)20;/h2-5,7-9,12,18H,1,6,10-11,13H2;1H. The fourth-order valence-electron chi connectivity index (χ4n) is 2.52. The van der Waals surface area contributed by atoms with Gasteiger partial charge in [-0.2, -0.15) is 0 Å². The molecule has 22 heavy (non-hydrogen) atoms. The Morgan fingerprint density at radius 1 is 1.18 bits per heavy atom. The molecule has 5 heteroatoms. The highest BCUT2D eigenvalue weighted by Crippen LogP contribution is 2.46. The molecule has 0 fully saturated rings. The zero-order valence-corrected chi connectivity index (χ0v) is 14.0. The van der Waals surface area contributed by atoms with Crippen molar-refractivity contribution in [3.8, 4) is 0 Å². The number of rotatable bonds is 6. The second-order valence-electron chi connectivity index (χ2n) is 5.00. The Hall–Kier alpha value is -1.49. The van der Waals surface area contributed by atoms with Crippen LogP contribution in [0.1, 0.15) is 6.42 Å². The summed E-state index contributed by atoms with van der Waals surface area (Å²) in [5.41, 5.74) is 1.28. The van der Waals surface area contributed by atoms with Gasteiger partial charge in [-0.05, 0) is 30.3 Å². The summed E-state index contributed by atoms with van der Waals surface area (Å²) in [6.45, 7) is 6.85. The summed E-state index contributed by atoms with van der Waals surface area (Å²) in [5, 5.41) is 2.29. The van der Waals surface area contributed by atoms with Crippen LogP contribution in [-0.4, -0.2) is 24.6 Å². The number of para-hydroxylation sites is 1. The number of anilines is 2. The van der Waals surface area contributed by atoms with E-state index in [-0.39, 0.29) is 12.4 Å². The van der Waals surface area contributed by atoms with Crippen LogP contribution < -0.4 is 22.6 Å². The Bertz CT molecular complexity index is 587. The monoisotopic (exact) mass is 333 g/mol. The summed E-state index contributed by atoms with van der Waals surface area (Å²) in [5.74, 6) is 1.09. The molecule has 0 amide bonds. The first-order valence-electron chi connectivity index (χ1n) is 7.32. The molecule has 1 aromatic carbocycles. The van der Waals surface area contributed by atoms with E-state index in [1.54, 1.807) is 0 Å². The van der Waals surface area contributed by atoms with Crippen LogP contribution in [0.25, 0.3) is 0 Å². The highest BCUT2D eigenvalue weighted by molar-refractivity contribution is 7.99. The van der Waals surface area contributed by atoms with Crippen molar-refractivity contribution in [3.63, 3.8) is 0 Å². The van der Waals surface area contributed by atoms with Gasteiger partial charge in [-0.1, -0.05) is 30.5 Å². The highest BCUT2D eigenvalue weighted by atomic mass is 35.5. The maximum atomic E-state index is 4.59. The van der Waals surface area contributed by atoms with Crippen LogP contribution in [0.3, 0.4) is 0 Å². The highest BCUT2D eigenvalue weighted by Gasteiger charge is 2.23. The first-order chi connectivity index (χ1) is 10.4. The van der Waals surface area contributed by atoms with Gasteiger partial charge in [0.1, 0.15) is 5.82 Å². The molecule has 116 valence electrons. The minimum Gasteiger partial charge on any atom is -1.00 e. The molecule has 3 nitrogen and oxygen atoms in total. The van der Waals surface area contributed by atoms with E-state index < -0.39 is 0 Å². The molecule has 0 saturated heterocycles. The number of hydrogen-bond donors (Lipinski definition) is 1. The number of pyridine rings is 1. The first kappa shape index (κ1) is 16.9. The normalized spacial score (nSPS) is 12.1. The average Bonchev–Trinajstić information content (AvgIpc) is 2.53. The Kier molecular flexibility index (Phi) is 6.31. The SMILES string of the molecule is C=CC[NH2+]CCCN1c2ccccc2Sc2cccnc21.[Cl-]. The molecule has 2 aromatic rings. The van der Waals surface area contributed by atoms with E-state index in [9.17, 15) is 0 Å². The molecule has 2 heterocycles. The molecule has 0 spiro atoms. The Balaban J connectivity index is 0.00000176. The maximum Gasteiger partial charge on any atom is 0.147 e. The molecule has 2 N–H and O–H groups in total. The summed E-state index contributed by atoms with van der Waals surface area (Å²) in [6, 6.07) is 12.7. The lowest BCUT2D eigenvalue weighted by Gasteiger charge is -2.31. The van der Waals surface area contributed by atoms with Crippen molar-refractivity contribution in [1.82, 2.24) is 4.98 Å². The van der Waals surface area contributed by atoms with Crippen molar-refractivity contribution >= 4 is 23.3 Å². The third-order valence-corrected chi connectivity index (χ3v) is 4.61. The van der Waals surface area contributed by atoms with Gasteiger partial charge < -0.3 is 22.6 Å². The molecule has 0 saturated carbocycles. The predicted octanol–water partition coefficient (Wildman–Crippen LogP) is -0.172.